The number of rotatable bonds is 3. The topological polar surface area (TPSA) is 21.3 Å². The molecule has 2 rings (SSSR count). The van der Waals surface area contributed by atoms with Crippen molar-refractivity contribution >= 4 is 27.5 Å². The first-order chi connectivity index (χ1) is 8.15. The van der Waals surface area contributed by atoms with E-state index in [9.17, 15) is 0 Å². The molecule has 2 unspecified atom stereocenters. The van der Waals surface area contributed by atoms with Gasteiger partial charge in [-0.1, -0.05) is 33.6 Å². The maximum absolute atomic E-state index is 6.18. The third kappa shape index (κ3) is 3.95. The van der Waals surface area contributed by atoms with Gasteiger partial charge >= 0.3 is 0 Å². The molecule has 2 atom stereocenters. The first-order valence-electron chi connectivity index (χ1n) is 5.94. The van der Waals surface area contributed by atoms with Crippen LogP contribution in [-0.2, 0) is 11.3 Å². The number of halogens is 2. The average molecular weight is 319 g/mol. The Morgan fingerprint density at radius 3 is 3.06 bits per heavy atom. The van der Waals surface area contributed by atoms with Crippen molar-refractivity contribution < 1.29 is 4.74 Å². The number of ether oxygens (including phenoxy) is 1. The van der Waals surface area contributed by atoms with Crippen LogP contribution in [-0.4, -0.2) is 18.8 Å². The molecule has 2 nitrogen and oxygen atoms in total. The fourth-order valence-electron chi connectivity index (χ4n) is 2.10. The van der Waals surface area contributed by atoms with E-state index < -0.39 is 0 Å². The molecule has 0 bridgehead atoms. The maximum Gasteiger partial charge on any atom is 0.0561 e. The molecule has 1 aromatic rings. The van der Waals surface area contributed by atoms with Gasteiger partial charge in [-0.2, -0.15) is 0 Å². The molecular formula is C13H17BrClNO. The lowest BCUT2D eigenvalue weighted by molar-refractivity contribution is 0.0130. The zero-order valence-electron chi connectivity index (χ0n) is 9.88. The summed E-state index contributed by atoms with van der Waals surface area (Å²) in [6.45, 7) is 3.80. The molecule has 0 aliphatic carbocycles. The van der Waals surface area contributed by atoms with E-state index in [1.54, 1.807) is 0 Å². The Balaban J connectivity index is 1.88. The lowest BCUT2D eigenvalue weighted by Crippen LogP contribution is -2.37. The number of benzene rings is 1. The van der Waals surface area contributed by atoms with E-state index in [1.807, 2.05) is 12.1 Å². The van der Waals surface area contributed by atoms with Gasteiger partial charge in [-0.25, -0.2) is 0 Å². The van der Waals surface area contributed by atoms with E-state index in [-0.39, 0.29) is 0 Å². The van der Waals surface area contributed by atoms with Crippen LogP contribution in [0.4, 0.5) is 0 Å². The standard InChI is InChI=1S/C13H17BrClNO/c1-9-6-12(4-5-17-9)16-8-10-2-3-11(14)7-13(10)15/h2-3,7,9,12,16H,4-6,8H2,1H3. The number of hydrogen-bond acceptors (Lipinski definition) is 2. The van der Waals surface area contributed by atoms with E-state index in [4.69, 9.17) is 16.3 Å². The summed E-state index contributed by atoms with van der Waals surface area (Å²) >= 11 is 9.59. The molecule has 0 spiro atoms. The van der Waals surface area contributed by atoms with Crippen molar-refractivity contribution in [3.05, 3.63) is 33.3 Å². The molecule has 1 heterocycles. The van der Waals surface area contributed by atoms with Crippen LogP contribution < -0.4 is 5.32 Å². The predicted octanol–water partition coefficient (Wildman–Crippen LogP) is 3.76. The summed E-state index contributed by atoms with van der Waals surface area (Å²) in [6.07, 6.45) is 2.52. The van der Waals surface area contributed by atoms with E-state index in [1.165, 1.54) is 0 Å². The summed E-state index contributed by atoms with van der Waals surface area (Å²) in [7, 11) is 0. The molecule has 17 heavy (non-hydrogen) atoms. The molecule has 1 aliphatic rings. The van der Waals surface area contributed by atoms with Crippen molar-refractivity contribution in [1.29, 1.82) is 0 Å². The third-order valence-electron chi connectivity index (χ3n) is 3.08. The van der Waals surface area contributed by atoms with Crippen LogP contribution in [0.3, 0.4) is 0 Å². The van der Waals surface area contributed by atoms with Gasteiger partial charge in [0.2, 0.25) is 0 Å². The predicted molar refractivity (Wildman–Crippen MR) is 74.4 cm³/mol. The van der Waals surface area contributed by atoms with Gasteiger partial charge in [0.05, 0.1) is 6.10 Å². The highest BCUT2D eigenvalue weighted by Gasteiger charge is 2.18. The van der Waals surface area contributed by atoms with Crippen molar-refractivity contribution in [2.24, 2.45) is 0 Å². The highest BCUT2D eigenvalue weighted by molar-refractivity contribution is 9.10. The van der Waals surface area contributed by atoms with Gasteiger partial charge in [-0.15, -0.1) is 0 Å². The molecule has 1 aliphatic heterocycles. The Morgan fingerprint density at radius 1 is 1.53 bits per heavy atom. The van der Waals surface area contributed by atoms with Crippen LogP contribution in [0.15, 0.2) is 22.7 Å². The maximum atomic E-state index is 6.18. The monoisotopic (exact) mass is 317 g/mol. The van der Waals surface area contributed by atoms with Gasteiger partial charge < -0.3 is 10.1 Å². The van der Waals surface area contributed by atoms with E-state index in [0.717, 1.165) is 41.1 Å². The summed E-state index contributed by atoms with van der Waals surface area (Å²) in [6, 6.07) is 6.56. The minimum Gasteiger partial charge on any atom is -0.378 e. The smallest absolute Gasteiger partial charge is 0.0561 e. The molecule has 0 aromatic heterocycles. The molecular weight excluding hydrogens is 302 g/mol. The van der Waals surface area contributed by atoms with Gasteiger partial charge in [0.25, 0.3) is 0 Å². The van der Waals surface area contributed by atoms with Crippen LogP contribution in [0.5, 0.6) is 0 Å². The Hall–Kier alpha value is -0.0900. The Bertz CT molecular complexity index is 386. The van der Waals surface area contributed by atoms with Crippen molar-refractivity contribution in [3.8, 4) is 0 Å². The zero-order chi connectivity index (χ0) is 12.3. The first-order valence-corrected chi connectivity index (χ1v) is 7.11. The third-order valence-corrected chi connectivity index (χ3v) is 3.93. The van der Waals surface area contributed by atoms with Crippen LogP contribution in [0.1, 0.15) is 25.3 Å². The lowest BCUT2D eigenvalue weighted by atomic mass is 10.0. The van der Waals surface area contributed by atoms with E-state index in [0.29, 0.717) is 12.1 Å². The molecule has 0 saturated carbocycles. The van der Waals surface area contributed by atoms with Gasteiger partial charge in [0, 0.05) is 28.7 Å². The van der Waals surface area contributed by atoms with Crippen LogP contribution in [0.2, 0.25) is 5.02 Å². The number of hydrogen-bond donors (Lipinski definition) is 1. The SMILES string of the molecule is CC1CC(NCc2ccc(Br)cc2Cl)CCO1. The molecule has 0 radical (unpaired) electrons. The summed E-state index contributed by atoms with van der Waals surface area (Å²) in [4.78, 5) is 0. The lowest BCUT2D eigenvalue weighted by Gasteiger charge is -2.28. The largest absolute Gasteiger partial charge is 0.378 e. The van der Waals surface area contributed by atoms with Crippen molar-refractivity contribution in [2.45, 2.75) is 38.5 Å². The molecule has 1 N–H and O–H groups in total. The Labute approximate surface area is 116 Å². The van der Waals surface area contributed by atoms with Gasteiger partial charge in [-0.3, -0.25) is 0 Å². The first kappa shape index (κ1) is 13.3. The fourth-order valence-corrected chi connectivity index (χ4v) is 2.84. The average Bonchev–Trinajstić information content (AvgIpc) is 2.28. The zero-order valence-corrected chi connectivity index (χ0v) is 12.2. The molecule has 4 heteroatoms. The second kappa shape index (κ2) is 6.19. The number of nitrogens with one attached hydrogen (secondary N) is 1. The summed E-state index contributed by atoms with van der Waals surface area (Å²) in [5.74, 6) is 0. The molecule has 1 fully saturated rings. The summed E-state index contributed by atoms with van der Waals surface area (Å²) < 4.78 is 6.55. The Kier molecular flexibility index (Phi) is 4.86. The van der Waals surface area contributed by atoms with Crippen LogP contribution in [0, 0.1) is 0 Å². The minimum atomic E-state index is 0.363. The fraction of sp³-hybridized carbons (Fsp3) is 0.538. The van der Waals surface area contributed by atoms with Crippen LogP contribution in [0.25, 0.3) is 0 Å². The molecule has 0 amide bonds. The van der Waals surface area contributed by atoms with E-state index in [2.05, 4.69) is 34.2 Å². The highest BCUT2D eigenvalue weighted by Crippen LogP contribution is 2.22. The Morgan fingerprint density at radius 2 is 2.35 bits per heavy atom. The van der Waals surface area contributed by atoms with Gasteiger partial charge in [0.1, 0.15) is 0 Å². The molecule has 94 valence electrons. The minimum absolute atomic E-state index is 0.363. The summed E-state index contributed by atoms with van der Waals surface area (Å²) in [5.41, 5.74) is 1.15. The second-order valence-corrected chi connectivity index (χ2v) is 5.84. The second-order valence-electron chi connectivity index (χ2n) is 4.52. The highest BCUT2D eigenvalue weighted by atomic mass is 79.9. The molecule has 1 saturated heterocycles. The van der Waals surface area contributed by atoms with Gasteiger partial charge in [0.15, 0.2) is 0 Å². The van der Waals surface area contributed by atoms with Gasteiger partial charge in [-0.05, 0) is 37.5 Å². The van der Waals surface area contributed by atoms with Crippen LogP contribution >= 0.6 is 27.5 Å². The normalized spacial score (nSPS) is 24.9. The van der Waals surface area contributed by atoms with Crippen molar-refractivity contribution in [1.82, 2.24) is 5.32 Å². The van der Waals surface area contributed by atoms with E-state index >= 15 is 0 Å². The summed E-state index contributed by atoms with van der Waals surface area (Å²) in [5, 5.41) is 4.36. The van der Waals surface area contributed by atoms with Crippen molar-refractivity contribution in [3.63, 3.8) is 0 Å². The van der Waals surface area contributed by atoms with Crippen molar-refractivity contribution in [2.75, 3.05) is 6.61 Å². The molecule has 1 aromatic carbocycles. The quantitative estimate of drug-likeness (QED) is 0.916.